The van der Waals surface area contributed by atoms with Crippen molar-refractivity contribution >= 4 is 41.8 Å². The summed E-state index contributed by atoms with van der Waals surface area (Å²) in [6.07, 6.45) is 0. The van der Waals surface area contributed by atoms with E-state index in [2.05, 4.69) is 44.6 Å². The first-order chi connectivity index (χ1) is 6.86. The van der Waals surface area contributed by atoms with Gasteiger partial charge in [0, 0.05) is 21.0 Å². The number of nitrogens with zero attached hydrogens (tertiary/aromatic N) is 2. The summed E-state index contributed by atoms with van der Waals surface area (Å²) < 4.78 is 6.01. The summed E-state index contributed by atoms with van der Waals surface area (Å²) in [4.78, 5) is 2.30. The summed E-state index contributed by atoms with van der Waals surface area (Å²) in [6, 6.07) is 8.41. The molecule has 2 aliphatic heterocycles. The average Bonchev–Trinajstić information content (AvgIpc) is 2.61. The molecule has 0 atom stereocenters. The maximum absolute atomic E-state index is 4.59. The number of amidine groups is 1. The predicted octanol–water partition coefficient (Wildman–Crippen LogP) is 2.37. The van der Waals surface area contributed by atoms with E-state index in [1.54, 1.807) is 0 Å². The van der Waals surface area contributed by atoms with Crippen molar-refractivity contribution in [3.05, 3.63) is 24.3 Å². The highest BCUT2D eigenvalue weighted by Gasteiger charge is 2.26. The second-order valence-electron chi connectivity index (χ2n) is 3.29. The van der Waals surface area contributed by atoms with Gasteiger partial charge in [-0.15, -0.1) is 0 Å². The van der Waals surface area contributed by atoms with E-state index in [1.165, 1.54) is 20.8 Å². The van der Waals surface area contributed by atoms with Gasteiger partial charge in [-0.1, -0.05) is 12.1 Å². The van der Waals surface area contributed by atoms with E-state index >= 15 is 0 Å². The number of benzene rings is 1. The fraction of sp³-hybridized carbons (Fsp3) is 0.200. The number of halogens is 1. The molecule has 0 spiro atoms. The van der Waals surface area contributed by atoms with Gasteiger partial charge in [0.25, 0.3) is 0 Å². The summed E-state index contributed by atoms with van der Waals surface area (Å²) in [5.74, 6) is 1.19. The lowest BCUT2D eigenvalue weighted by molar-refractivity contribution is 1.25. The maximum atomic E-state index is 4.59. The van der Waals surface area contributed by atoms with Crippen molar-refractivity contribution in [2.24, 2.45) is 3.21 Å². The Kier molecular flexibility index (Phi) is 1.83. The quantitative estimate of drug-likeness (QED) is 0.745. The van der Waals surface area contributed by atoms with E-state index in [-0.39, 0.29) is 21.0 Å². The fourth-order valence-electron chi connectivity index (χ4n) is 1.77. The van der Waals surface area contributed by atoms with Gasteiger partial charge in [-0.25, -0.2) is 3.21 Å². The second kappa shape index (κ2) is 3.05. The maximum Gasteiger partial charge on any atom is 0.139 e. The lowest BCUT2D eigenvalue weighted by Gasteiger charge is -2.29. The molecule has 2 aliphatic rings. The normalized spacial score (nSPS) is 18.5. The van der Waals surface area contributed by atoms with Gasteiger partial charge in [-0.3, -0.25) is 4.90 Å². The summed E-state index contributed by atoms with van der Waals surface area (Å²) in [7, 11) is 0. The number of hydrogen-bond acceptors (Lipinski definition) is 3. The molecule has 0 unspecified atom stereocenters. The van der Waals surface area contributed by atoms with Crippen LogP contribution in [0.15, 0.2) is 27.5 Å². The molecular formula is C10H10IN3. The third-order valence-corrected chi connectivity index (χ3v) is 4.39. The Hall–Kier alpha value is -0.910. The minimum atomic E-state index is -0.109. The monoisotopic (exact) mass is 299 g/mol. The Balaban J connectivity index is 2.17. The third kappa shape index (κ3) is 1.10. The van der Waals surface area contributed by atoms with Crippen LogP contribution in [0.3, 0.4) is 0 Å². The number of rotatable bonds is 0. The molecule has 0 radical (unpaired) electrons. The molecule has 0 aliphatic carbocycles. The molecule has 3 rings (SSSR count). The van der Waals surface area contributed by atoms with Gasteiger partial charge < -0.3 is 5.32 Å². The molecule has 0 fully saturated rings. The molecule has 1 N–H and O–H groups in total. The summed E-state index contributed by atoms with van der Waals surface area (Å²) in [5, 5.41) is 3.39. The molecule has 1 aromatic rings. The van der Waals surface area contributed by atoms with Crippen LogP contribution < -0.4 is 10.2 Å². The smallest absolute Gasteiger partial charge is 0.139 e. The first kappa shape index (κ1) is 8.40. The Morgan fingerprint density at radius 2 is 2.29 bits per heavy atom. The van der Waals surface area contributed by atoms with Crippen LogP contribution in [0.2, 0.25) is 0 Å². The first-order valence-electron chi connectivity index (χ1n) is 4.54. The van der Waals surface area contributed by atoms with Crippen LogP contribution in [0.25, 0.3) is 0 Å². The molecule has 0 aromatic heterocycles. The Labute approximate surface area is 92.9 Å². The number of nitrogens with one attached hydrogen (secondary N) is 1. The van der Waals surface area contributed by atoms with Crippen molar-refractivity contribution in [3.63, 3.8) is 0 Å². The molecule has 1 aromatic carbocycles. The van der Waals surface area contributed by atoms with Crippen LogP contribution in [0.1, 0.15) is 6.92 Å². The lowest BCUT2D eigenvalue weighted by Crippen LogP contribution is -2.40. The molecule has 14 heavy (non-hydrogen) atoms. The molecule has 0 saturated carbocycles. The zero-order valence-electron chi connectivity index (χ0n) is 7.79. The van der Waals surface area contributed by atoms with E-state index < -0.39 is 0 Å². The van der Waals surface area contributed by atoms with Gasteiger partial charge >= 0.3 is 0 Å². The lowest BCUT2D eigenvalue weighted by atomic mass is 10.2. The van der Waals surface area contributed by atoms with Crippen molar-refractivity contribution in [3.8, 4) is 0 Å². The van der Waals surface area contributed by atoms with Gasteiger partial charge in [0.15, 0.2) is 0 Å². The highest BCUT2D eigenvalue weighted by atomic mass is 127. The average molecular weight is 299 g/mol. The van der Waals surface area contributed by atoms with Gasteiger partial charge in [0.2, 0.25) is 0 Å². The SMILES string of the molecule is CC1=IN=C2CNc3ccccc3N21. The van der Waals surface area contributed by atoms with Crippen molar-refractivity contribution in [1.82, 2.24) is 0 Å². The first-order valence-corrected chi connectivity index (χ1v) is 6.58. The van der Waals surface area contributed by atoms with E-state index in [0.717, 1.165) is 6.54 Å². The van der Waals surface area contributed by atoms with Gasteiger partial charge in [0.05, 0.1) is 21.6 Å². The van der Waals surface area contributed by atoms with E-state index in [4.69, 9.17) is 0 Å². The molecule has 0 bridgehead atoms. The molecule has 2 heterocycles. The Bertz CT molecular complexity index is 450. The number of para-hydroxylation sites is 2. The van der Waals surface area contributed by atoms with E-state index in [1.807, 2.05) is 0 Å². The minimum Gasteiger partial charge on any atom is -0.376 e. The molecule has 72 valence electrons. The largest absolute Gasteiger partial charge is 0.376 e. The standard InChI is InChI=1S/C10H10IN3/c1-7-11-13-10-6-12-8-4-2-3-5-9(8)14(7)10/h2-5,12H,6H2,1H3. The Morgan fingerprint density at radius 3 is 3.21 bits per heavy atom. The minimum absolute atomic E-state index is 0.109. The number of fused-ring (bicyclic) bond motifs is 3. The van der Waals surface area contributed by atoms with Crippen LogP contribution >= 0.6 is 21.0 Å². The van der Waals surface area contributed by atoms with Crippen LogP contribution in [0, 0.1) is 0 Å². The second-order valence-corrected chi connectivity index (χ2v) is 5.81. The number of hydrogen-bond donors (Lipinski definition) is 1. The van der Waals surface area contributed by atoms with Gasteiger partial charge in [-0.2, -0.15) is 0 Å². The van der Waals surface area contributed by atoms with Crippen LogP contribution in [0.5, 0.6) is 0 Å². The Morgan fingerprint density at radius 1 is 1.43 bits per heavy atom. The van der Waals surface area contributed by atoms with Gasteiger partial charge in [0.1, 0.15) is 5.84 Å². The number of anilines is 2. The zero-order chi connectivity index (χ0) is 9.54. The third-order valence-electron chi connectivity index (χ3n) is 2.41. The van der Waals surface area contributed by atoms with Crippen molar-refractivity contribution in [1.29, 1.82) is 0 Å². The van der Waals surface area contributed by atoms with E-state index in [9.17, 15) is 0 Å². The molecule has 3 nitrogen and oxygen atoms in total. The highest BCUT2D eigenvalue weighted by molar-refractivity contribution is 14.2. The van der Waals surface area contributed by atoms with E-state index in [0.29, 0.717) is 0 Å². The topological polar surface area (TPSA) is 27.6 Å². The van der Waals surface area contributed by atoms with Crippen LogP contribution in [-0.4, -0.2) is 16.0 Å². The fourth-order valence-corrected chi connectivity index (χ4v) is 3.54. The summed E-state index contributed by atoms with van der Waals surface area (Å²) in [5.41, 5.74) is 2.48. The van der Waals surface area contributed by atoms with Crippen molar-refractivity contribution in [2.45, 2.75) is 6.92 Å². The molecule has 4 heteroatoms. The highest BCUT2D eigenvalue weighted by Crippen LogP contribution is 2.34. The molecular weight excluding hydrogens is 289 g/mol. The summed E-state index contributed by atoms with van der Waals surface area (Å²) >= 11 is -0.109. The van der Waals surface area contributed by atoms with Crippen LogP contribution in [-0.2, 0) is 0 Å². The summed E-state index contributed by atoms with van der Waals surface area (Å²) in [6.45, 7) is 3.06. The van der Waals surface area contributed by atoms with Crippen molar-refractivity contribution < 1.29 is 0 Å². The van der Waals surface area contributed by atoms with Crippen molar-refractivity contribution in [2.75, 3.05) is 16.8 Å². The predicted molar refractivity (Wildman–Crippen MR) is 69.5 cm³/mol. The molecule has 0 saturated heterocycles. The zero-order valence-corrected chi connectivity index (χ0v) is 9.95. The molecule has 0 amide bonds. The van der Waals surface area contributed by atoms with Crippen LogP contribution in [0.4, 0.5) is 11.4 Å². The van der Waals surface area contributed by atoms with Gasteiger partial charge in [-0.05, 0) is 19.1 Å².